The van der Waals surface area contributed by atoms with E-state index in [2.05, 4.69) is 22.9 Å². The highest BCUT2D eigenvalue weighted by Crippen LogP contribution is 2.40. The Labute approximate surface area is 186 Å². The van der Waals surface area contributed by atoms with Crippen LogP contribution in [0.4, 0.5) is 0 Å². The zero-order chi connectivity index (χ0) is 22.2. The second-order valence-corrected chi connectivity index (χ2v) is 8.41. The van der Waals surface area contributed by atoms with E-state index in [9.17, 15) is 9.70 Å². The van der Waals surface area contributed by atoms with Crippen LogP contribution in [0.3, 0.4) is 0 Å². The molecule has 30 heavy (non-hydrogen) atoms. The fourth-order valence-electron chi connectivity index (χ4n) is 3.45. The molecular weight excluding hydrogens is 394 g/mol. The summed E-state index contributed by atoms with van der Waals surface area (Å²) in [5.74, 6) is 1.35. The van der Waals surface area contributed by atoms with Crippen LogP contribution in [0.1, 0.15) is 64.9 Å². The van der Waals surface area contributed by atoms with Crippen LogP contribution in [0.2, 0.25) is 0 Å². The van der Waals surface area contributed by atoms with Crippen LogP contribution in [0.5, 0.6) is 0 Å². The first-order valence-corrected chi connectivity index (χ1v) is 12.1. The van der Waals surface area contributed by atoms with Crippen LogP contribution in [0, 0.1) is 10.8 Å². The monoisotopic (exact) mass is 431 g/mol. The number of methoxy groups -OCH3 is 1. The molecule has 0 saturated carbocycles. The van der Waals surface area contributed by atoms with E-state index in [1.54, 1.807) is 0 Å². The van der Waals surface area contributed by atoms with Crippen molar-refractivity contribution in [2.75, 3.05) is 12.9 Å². The van der Waals surface area contributed by atoms with E-state index in [-0.39, 0.29) is 12.0 Å². The van der Waals surface area contributed by atoms with Gasteiger partial charge in [0.1, 0.15) is 6.04 Å². The Morgan fingerprint density at radius 3 is 2.63 bits per heavy atom. The first-order chi connectivity index (χ1) is 14.6. The SMILES string of the molecule is CC.COC(=O)CCCCCSC1=C(C)CCC1/C=C/C(Cc1ccccc1)N=O. The number of hydrogen-bond donors (Lipinski definition) is 0. The van der Waals surface area contributed by atoms with Crippen molar-refractivity contribution in [1.82, 2.24) is 0 Å². The van der Waals surface area contributed by atoms with Crippen LogP contribution >= 0.6 is 11.8 Å². The molecule has 1 aromatic rings. The molecular formula is C25H37NO3S. The van der Waals surface area contributed by atoms with Gasteiger partial charge in [0.25, 0.3) is 0 Å². The van der Waals surface area contributed by atoms with Gasteiger partial charge in [-0.15, -0.1) is 11.8 Å². The predicted molar refractivity (Wildman–Crippen MR) is 129 cm³/mol. The summed E-state index contributed by atoms with van der Waals surface area (Å²) in [5.41, 5.74) is 2.60. The molecule has 1 aromatic carbocycles. The van der Waals surface area contributed by atoms with Gasteiger partial charge in [-0.2, -0.15) is 4.91 Å². The number of thioether (sulfide) groups is 1. The molecule has 1 aliphatic carbocycles. The third-order valence-corrected chi connectivity index (χ3v) is 6.54. The van der Waals surface area contributed by atoms with Crippen LogP contribution < -0.4 is 0 Å². The lowest BCUT2D eigenvalue weighted by Crippen LogP contribution is -2.05. The molecule has 4 nitrogen and oxygen atoms in total. The van der Waals surface area contributed by atoms with Crippen molar-refractivity contribution < 1.29 is 9.53 Å². The maximum Gasteiger partial charge on any atom is 0.305 e. The third kappa shape index (κ3) is 9.75. The normalized spacial score (nSPS) is 16.9. The Morgan fingerprint density at radius 1 is 1.23 bits per heavy atom. The van der Waals surface area contributed by atoms with E-state index in [1.165, 1.54) is 17.6 Å². The summed E-state index contributed by atoms with van der Waals surface area (Å²) < 4.78 is 4.67. The van der Waals surface area contributed by atoms with Gasteiger partial charge in [-0.25, -0.2) is 0 Å². The highest BCUT2D eigenvalue weighted by atomic mass is 32.2. The molecule has 0 spiro atoms. The second-order valence-electron chi connectivity index (χ2n) is 7.27. The van der Waals surface area contributed by atoms with Crippen molar-refractivity contribution in [3.05, 3.63) is 63.4 Å². The van der Waals surface area contributed by atoms with Crippen molar-refractivity contribution in [1.29, 1.82) is 0 Å². The van der Waals surface area contributed by atoms with Crippen molar-refractivity contribution >= 4 is 17.7 Å². The van der Waals surface area contributed by atoms with E-state index >= 15 is 0 Å². The van der Waals surface area contributed by atoms with Gasteiger partial charge >= 0.3 is 5.97 Å². The Kier molecular flexibility index (Phi) is 13.9. The lowest BCUT2D eigenvalue weighted by atomic mass is 10.0. The van der Waals surface area contributed by atoms with Gasteiger partial charge in [0.2, 0.25) is 0 Å². The van der Waals surface area contributed by atoms with Gasteiger partial charge in [-0.3, -0.25) is 4.79 Å². The highest BCUT2D eigenvalue weighted by molar-refractivity contribution is 8.03. The zero-order valence-electron chi connectivity index (χ0n) is 18.9. The maximum atomic E-state index is 11.3. The Balaban J connectivity index is 0.00000218. The summed E-state index contributed by atoms with van der Waals surface area (Å²) in [7, 11) is 1.44. The number of esters is 1. The molecule has 1 aliphatic rings. The molecule has 5 heteroatoms. The molecule has 2 unspecified atom stereocenters. The largest absolute Gasteiger partial charge is 0.469 e. The highest BCUT2D eigenvalue weighted by Gasteiger charge is 2.21. The molecule has 0 fully saturated rings. The van der Waals surface area contributed by atoms with Crippen LogP contribution in [0.15, 0.2) is 58.1 Å². The lowest BCUT2D eigenvalue weighted by molar-refractivity contribution is -0.140. The first kappa shape index (κ1) is 26.2. The summed E-state index contributed by atoms with van der Waals surface area (Å²) in [6.07, 6.45) is 10.6. The Morgan fingerprint density at radius 2 is 1.97 bits per heavy atom. The maximum absolute atomic E-state index is 11.3. The van der Waals surface area contributed by atoms with Gasteiger partial charge in [0.05, 0.1) is 7.11 Å². The third-order valence-electron chi connectivity index (χ3n) is 5.09. The van der Waals surface area contributed by atoms with Crippen LogP contribution in [0.25, 0.3) is 0 Å². The topological polar surface area (TPSA) is 55.7 Å². The van der Waals surface area contributed by atoms with Crippen molar-refractivity contribution in [3.63, 3.8) is 0 Å². The van der Waals surface area contributed by atoms with E-state index < -0.39 is 0 Å². The number of hydrogen-bond acceptors (Lipinski definition) is 5. The molecule has 2 rings (SSSR count). The van der Waals surface area contributed by atoms with Crippen LogP contribution in [-0.2, 0) is 16.0 Å². The summed E-state index contributed by atoms with van der Waals surface area (Å²) in [6, 6.07) is 9.72. The van der Waals surface area contributed by atoms with Crippen molar-refractivity contribution in [3.8, 4) is 0 Å². The molecule has 2 atom stereocenters. The van der Waals surface area contributed by atoms with E-state index in [0.717, 1.165) is 43.4 Å². The minimum Gasteiger partial charge on any atom is -0.469 e. The summed E-state index contributed by atoms with van der Waals surface area (Å²) in [4.78, 5) is 23.8. The molecule has 0 bridgehead atoms. The predicted octanol–water partition coefficient (Wildman–Crippen LogP) is 7.10. The Hall–Kier alpha value is -1.88. The fourth-order valence-corrected chi connectivity index (χ4v) is 4.77. The van der Waals surface area contributed by atoms with E-state index in [4.69, 9.17) is 0 Å². The lowest BCUT2D eigenvalue weighted by Gasteiger charge is -2.12. The molecule has 0 amide bonds. The number of ether oxygens (including phenoxy) is 1. The molecule has 0 heterocycles. The fraction of sp³-hybridized carbons (Fsp3) is 0.560. The minimum absolute atomic E-state index is 0.124. The van der Waals surface area contributed by atoms with Gasteiger partial charge in [0.15, 0.2) is 0 Å². The van der Waals surface area contributed by atoms with Crippen LogP contribution in [-0.4, -0.2) is 24.9 Å². The van der Waals surface area contributed by atoms with E-state index in [1.807, 2.05) is 62.0 Å². The Bertz CT molecular complexity index is 685. The number of carbonyl (C=O) groups excluding carboxylic acids is 1. The first-order valence-electron chi connectivity index (χ1n) is 11.1. The minimum atomic E-state index is -0.312. The number of benzene rings is 1. The molecule has 0 aliphatic heterocycles. The van der Waals surface area contributed by atoms with E-state index in [0.29, 0.717) is 18.8 Å². The zero-order valence-corrected chi connectivity index (χ0v) is 19.7. The summed E-state index contributed by atoms with van der Waals surface area (Å²) >= 11 is 1.93. The summed E-state index contributed by atoms with van der Waals surface area (Å²) in [5, 5.41) is 3.31. The molecule has 166 valence electrons. The smallest absolute Gasteiger partial charge is 0.305 e. The number of nitroso groups, excluding NO2 is 1. The van der Waals surface area contributed by atoms with Gasteiger partial charge in [0, 0.05) is 18.8 Å². The number of carbonyl (C=O) groups is 1. The van der Waals surface area contributed by atoms with Gasteiger partial charge < -0.3 is 4.74 Å². The average Bonchev–Trinajstić information content (AvgIpc) is 3.14. The molecule has 0 N–H and O–H groups in total. The van der Waals surface area contributed by atoms with Gasteiger partial charge in [-0.05, 0) is 48.8 Å². The average molecular weight is 432 g/mol. The quantitative estimate of drug-likeness (QED) is 0.153. The number of rotatable bonds is 12. The van der Waals surface area contributed by atoms with Crippen molar-refractivity contribution in [2.24, 2.45) is 11.1 Å². The molecule has 0 saturated heterocycles. The second kappa shape index (κ2) is 15.9. The number of allylic oxidation sites excluding steroid dienone is 3. The van der Waals surface area contributed by atoms with Gasteiger partial charge in [-0.1, -0.05) is 73.5 Å². The number of nitrogens with zero attached hydrogens (tertiary/aromatic N) is 1. The molecule has 0 aromatic heterocycles. The number of unbranched alkanes of at least 4 members (excludes halogenated alkanes) is 2. The van der Waals surface area contributed by atoms with Crippen molar-refractivity contribution in [2.45, 2.75) is 71.8 Å². The molecule has 0 radical (unpaired) electrons. The summed E-state index contributed by atoms with van der Waals surface area (Å²) in [6.45, 7) is 6.22. The standard InChI is InChI=1S/C23H31NO3S.C2H6/c1-18-12-13-20(23(18)28-16-8-4-7-11-22(25)27-2)14-15-21(24-26)17-19-9-5-3-6-10-19;1-2/h3,5-6,9-10,14-15,20-21H,4,7-8,11-13,16-17H2,1-2H3;1-2H3/b15-14+;.